The zero-order valence-corrected chi connectivity index (χ0v) is 11.4. The Bertz CT molecular complexity index is 459. The number of likely N-dealkylation sites (N-methyl/N-ethyl adjacent to an activating group) is 1. The van der Waals surface area contributed by atoms with E-state index in [2.05, 4.69) is 36.2 Å². The van der Waals surface area contributed by atoms with Crippen LogP contribution in [0.3, 0.4) is 0 Å². The van der Waals surface area contributed by atoms with E-state index in [9.17, 15) is 0 Å². The van der Waals surface area contributed by atoms with Crippen LogP contribution in [0.15, 0.2) is 24.3 Å². The van der Waals surface area contributed by atoms with Crippen molar-refractivity contribution in [2.75, 3.05) is 25.0 Å². The van der Waals surface area contributed by atoms with Gasteiger partial charge in [0, 0.05) is 24.8 Å². The van der Waals surface area contributed by atoms with E-state index < -0.39 is 0 Å². The molecule has 2 rings (SSSR count). The minimum Gasteiger partial charge on any atom is -0.370 e. The maximum atomic E-state index is 8.96. The lowest BCUT2D eigenvalue weighted by molar-refractivity contribution is 0.208. The molecular weight excluding hydrogens is 222 g/mol. The van der Waals surface area contributed by atoms with Crippen molar-refractivity contribution >= 4 is 5.69 Å². The highest BCUT2D eigenvalue weighted by atomic mass is 15.2. The van der Waals surface area contributed by atoms with Crippen LogP contribution in [0.1, 0.15) is 25.8 Å². The molecule has 1 saturated heterocycles. The van der Waals surface area contributed by atoms with Gasteiger partial charge in [-0.2, -0.15) is 5.26 Å². The van der Waals surface area contributed by atoms with E-state index in [0.29, 0.717) is 11.5 Å². The van der Waals surface area contributed by atoms with Crippen molar-refractivity contribution in [1.29, 1.82) is 5.26 Å². The molecule has 96 valence electrons. The van der Waals surface area contributed by atoms with E-state index in [1.54, 1.807) is 0 Å². The van der Waals surface area contributed by atoms with Gasteiger partial charge in [0.1, 0.15) is 0 Å². The van der Waals surface area contributed by atoms with Crippen molar-refractivity contribution in [3.05, 3.63) is 29.8 Å². The quantitative estimate of drug-likeness (QED) is 0.867. The number of nitrogens with zero attached hydrogens (tertiary/aromatic N) is 2. The fourth-order valence-electron chi connectivity index (χ4n) is 2.64. The first kappa shape index (κ1) is 12.9. The van der Waals surface area contributed by atoms with Gasteiger partial charge in [-0.15, -0.1) is 0 Å². The Morgan fingerprint density at radius 3 is 2.89 bits per heavy atom. The predicted octanol–water partition coefficient (Wildman–Crippen LogP) is 2.38. The molecule has 1 fully saturated rings. The summed E-state index contributed by atoms with van der Waals surface area (Å²) in [5.74, 6) is 0. The SMILES string of the molecule is CNC1CN(c2cccc(C#N)c2)CCC1(C)C. The molecule has 1 aliphatic rings. The van der Waals surface area contributed by atoms with Crippen molar-refractivity contribution < 1.29 is 0 Å². The smallest absolute Gasteiger partial charge is 0.0992 e. The van der Waals surface area contributed by atoms with Gasteiger partial charge in [-0.05, 0) is 37.1 Å². The molecule has 0 aliphatic carbocycles. The van der Waals surface area contributed by atoms with Gasteiger partial charge in [0.25, 0.3) is 0 Å². The fraction of sp³-hybridized carbons (Fsp3) is 0.533. The summed E-state index contributed by atoms with van der Waals surface area (Å²) < 4.78 is 0. The van der Waals surface area contributed by atoms with Gasteiger partial charge in [0.2, 0.25) is 0 Å². The number of anilines is 1. The summed E-state index contributed by atoms with van der Waals surface area (Å²) in [5, 5.41) is 12.4. The lowest BCUT2D eigenvalue weighted by Gasteiger charge is -2.44. The Labute approximate surface area is 109 Å². The van der Waals surface area contributed by atoms with Crippen LogP contribution < -0.4 is 10.2 Å². The molecule has 3 heteroatoms. The Morgan fingerprint density at radius 2 is 2.22 bits per heavy atom. The van der Waals surface area contributed by atoms with E-state index in [1.807, 2.05) is 25.2 Å². The second-order valence-electron chi connectivity index (χ2n) is 5.69. The molecule has 0 spiro atoms. The molecule has 1 atom stereocenters. The van der Waals surface area contributed by atoms with Crippen LogP contribution in [0.2, 0.25) is 0 Å². The fourth-order valence-corrected chi connectivity index (χ4v) is 2.64. The Hall–Kier alpha value is -1.53. The lowest BCUT2D eigenvalue weighted by Crippen LogP contribution is -2.54. The standard InChI is InChI=1S/C15H21N3/c1-15(2)7-8-18(11-14(15)17-3)13-6-4-5-12(9-13)10-16/h4-6,9,14,17H,7-8,11H2,1-3H3. The van der Waals surface area contributed by atoms with Gasteiger partial charge in [-0.25, -0.2) is 0 Å². The van der Waals surface area contributed by atoms with Crippen molar-refractivity contribution in [1.82, 2.24) is 5.32 Å². The minimum atomic E-state index is 0.331. The van der Waals surface area contributed by atoms with Crippen LogP contribution >= 0.6 is 0 Å². The molecular formula is C15H21N3. The summed E-state index contributed by atoms with van der Waals surface area (Å²) >= 11 is 0. The van der Waals surface area contributed by atoms with Gasteiger partial charge < -0.3 is 10.2 Å². The van der Waals surface area contributed by atoms with Gasteiger partial charge >= 0.3 is 0 Å². The first-order chi connectivity index (χ1) is 8.56. The average molecular weight is 243 g/mol. The van der Waals surface area contributed by atoms with Crippen molar-refractivity contribution in [2.45, 2.75) is 26.3 Å². The zero-order chi connectivity index (χ0) is 13.2. The van der Waals surface area contributed by atoms with E-state index in [0.717, 1.165) is 30.8 Å². The molecule has 0 amide bonds. The van der Waals surface area contributed by atoms with Crippen molar-refractivity contribution in [3.63, 3.8) is 0 Å². The van der Waals surface area contributed by atoms with Crippen molar-refractivity contribution in [3.8, 4) is 6.07 Å². The van der Waals surface area contributed by atoms with Crippen LogP contribution in [-0.2, 0) is 0 Å². The highest BCUT2D eigenvalue weighted by Crippen LogP contribution is 2.32. The number of rotatable bonds is 2. The summed E-state index contributed by atoms with van der Waals surface area (Å²) in [6.07, 6.45) is 1.16. The van der Waals surface area contributed by atoms with Gasteiger partial charge in [0.05, 0.1) is 11.6 Å². The monoisotopic (exact) mass is 243 g/mol. The summed E-state index contributed by atoms with van der Waals surface area (Å²) in [7, 11) is 2.03. The molecule has 1 aliphatic heterocycles. The Balaban J connectivity index is 2.18. The minimum absolute atomic E-state index is 0.331. The summed E-state index contributed by atoms with van der Waals surface area (Å²) in [5.41, 5.74) is 2.22. The Morgan fingerprint density at radius 1 is 1.44 bits per heavy atom. The summed E-state index contributed by atoms with van der Waals surface area (Å²) in [4.78, 5) is 2.37. The first-order valence-electron chi connectivity index (χ1n) is 6.49. The molecule has 0 saturated carbocycles. The molecule has 0 aromatic heterocycles. The number of hydrogen-bond acceptors (Lipinski definition) is 3. The molecule has 1 heterocycles. The van der Waals surface area contributed by atoms with Crippen LogP contribution in [0, 0.1) is 16.7 Å². The molecule has 1 aromatic carbocycles. The molecule has 1 N–H and O–H groups in total. The van der Waals surface area contributed by atoms with Crippen molar-refractivity contribution in [2.24, 2.45) is 5.41 Å². The van der Waals surface area contributed by atoms with Crippen LogP contribution in [0.5, 0.6) is 0 Å². The predicted molar refractivity (Wildman–Crippen MR) is 74.6 cm³/mol. The number of benzene rings is 1. The topological polar surface area (TPSA) is 39.1 Å². The zero-order valence-electron chi connectivity index (χ0n) is 11.4. The largest absolute Gasteiger partial charge is 0.370 e. The average Bonchev–Trinajstić information content (AvgIpc) is 2.38. The normalized spacial score (nSPS) is 22.6. The second-order valence-corrected chi connectivity index (χ2v) is 5.69. The van der Waals surface area contributed by atoms with Gasteiger partial charge in [0.15, 0.2) is 0 Å². The third-order valence-corrected chi connectivity index (χ3v) is 4.06. The first-order valence-corrected chi connectivity index (χ1v) is 6.49. The van der Waals surface area contributed by atoms with Gasteiger partial charge in [-0.1, -0.05) is 19.9 Å². The Kier molecular flexibility index (Phi) is 3.58. The molecule has 0 bridgehead atoms. The maximum absolute atomic E-state index is 8.96. The van der Waals surface area contributed by atoms with E-state index >= 15 is 0 Å². The number of hydrogen-bond donors (Lipinski definition) is 1. The number of nitriles is 1. The molecule has 3 nitrogen and oxygen atoms in total. The second kappa shape index (κ2) is 4.99. The summed E-state index contributed by atoms with van der Waals surface area (Å²) in [6.45, 7) is 6.69. The lowest BCUT2D eigenvalue weighted by atomic mass is 9.78. The van der Waals surface area contributed by atoms with E-state index in [4.69, 9.17) is 5.26 Å². The maximum Gasteiger partial charge on any atom is 0.0992 e. The highest BCUT2D eigenvalue weighted by Gasteiger charge is 2.34. The summed E-state index contributed by atoms with van der Waals surface area (Å²) in [6, 6.07) is 10.6. The van der Waals surface area contributed by atoms with Crippen LogP contribution in [-0.4, -0.2) is 26.2 Å². The van der Waals surface area contributed by atoms with Crippen LogP contribution in [0.4, 0.5) is 5.69 Å². The molecule has 1 aromatic rings. The molecule has 1 unspecified atom stereocenters. The van der Waals surface area contributed by atoms with Gasteiger partial charge in [-0.3, -0.25) is 0 Å². The molecule has 0 radical (unpaired) electrons. The van der Waals surface area contributed by atoms with Crippen LogP contribution in [0.25, 0.3) is 0 Å². The number of piperidine rings is 1. The molecule has 18 heavy (non-hydrogen) atoms. The number of nitrogens with one attached hydrogen (secondary N) is 1. The highest BCUT2D eigenvalue weighted by molar-refractivity contribution is 5.52. The van der Waals surface area contributed by atoms with E-state index in [1.165, 1.54) is 0 Å². The third-order valence-electron chi connectivity index (χ3n) is 4.06. The third kappa shape index (κ3) is 2.49. The van der Waals surface area contributed by atoms with E-state index in [-0.39, 0.29) is 0 Å².